The van der Waals surface area contributed by atoms with Crippen molar-refractivity contribution in [2.75, 3.05) is 13.1 Å². The Hall–Kier alpha value is -2.18. The van der Waals surface area contributed by atoms with Crippen LogP contribution in [0, 0.1) is 5.41 Å². The molecule has 3 rings (SSSR count). The minimum Gasteiger partial charge on any atom is -0.481 e. The predicted octanol–water partition coefficient (Wildman–Crippen LogP) is 2.98. The van der Waals surface area contributed by atoms with E-state index in [-0.39, 0.29) is 25.3 Å². The third-order valence-corrected chi connectivity index (χ3v) is 6.25. The van der Waals surface area contributed by atoms with Gasteiger partial charge in [0.2, 0.25) is 5.91 Å². The Balaban J connectivity index is 1.67. The van der Waals surface area contributed by atoms with Crippen molar-refractivity contribution in [3.63, 3.8) is 0 Å². The second-order valence-electron chi connectivity index (χ2n) is 7.18. The Bertz CT molecular complexity index is 762. The number of aliphatic carboxylic acids is 1. The number of hydrogen-bond acceptors (Lipinski definition) is 4. The topological polar surface area (TPSA) is 77.8 Å². The fourth-order valence-electron chi connectivity index (χ4n) is 3.74. The summed E-state index contributed by atoms with van der Waals surface area (Å²) in [5.74, 6) is -1.08. The van der Waals surface area contributed by atoms with E-state index in [0.29, 0.717) is 13.0 Å². The first-order valence-electron chi connectivity index (χ1n) is 9.27. The van der Waals surface area contributed by atoms with Crippen molar-refractivity contribution in [3.05, 3.63) is 58.3 Å². The van der Waals surface area contributed by atoms with Crippen molar-refractivity contribution in [2.45, 2.75) is 38.2 Å². The van der Waals surface area contributed by atoms with Gasteiger partial charge in [-0.15, -0.1) is 11.3 Å². The zero-order valence-corrected chi connectivity index (χ0v) is 16.0. The molecule has 2 heterocycles. The molecule has 5 nitrogen and oxygen atoms in total. The Kier molecular flexibility index (Phi) is 6.29. The lowest BCUT2D eigenvalue weighted by Crippen LogP contribution is -2.58. The molecule has 2 N–H and O–H groups in total. The number of thiophene rings is 1. The van der Waals surface area contributed by atoms with Crippen LogP contribution in [0.25, 0.3) is 0 Å². The van der Waals surface area contributed by atoms with Gasteiger partial charge in [-0.05, 0) is 42.7 Å². The Labute approximate surface area is 163 Å². The van der Waals surface area contributed by atoms with Crippen LogP contribution in [-0.2, 0) is 22.4 Å². The second kappa shape index (κ2) is 8.67. The molecule has 0 bridgehead atoms. The van der Waals surface area contributed by atoms with E-state index in [0.717, 1.165) is 18.4 Å². The van der Waals surface area contributed by atoms with Gasteiger partial charge in [0.25, 0.3) is 0 Å². The van der Waals surface area contributed by atoms with Gasteiger partial charge < -0.3 is 15.1 Å². The quantitative estimate of drug-likeness (QED) is 0.766. The monoisotopic (exact) mass is 387 g/mol. The van der Waals surface area contributed by atoms with E-state index in [2.05, 4.69) is 6.07 Å². The molecule has 0 radical (unpaired) electrons. The van der Waals surface area contributed by atoms with Gasteiger partial charge in [0.05, 0.1) is 6.10 Å². The van der Waals surface area contributed by atoms with E-state index in [1.54, 1.807) is 16.2 Å². The number of hydrogen-bond donors (Lipinski definition) is 2. The summed E-state index contributed by atoms with van der Waals surface area (Å²) in [6, 6.07) is 13.4. The minimum atomic E-state index is -1.36. The molecule has 2 aromatic rings. The molecule has 1 aromatic carbocycles. The molecule has 2 atom stereocenters. The standard InChI is InChI=1S/C21H25NO4S/c23-18-11-12-22(19(24)10-4-8-17-9-5-13-27-17)15-21(18,20(25)26)14-16-6-2-1-3-7-16/h1-3,5-7,9,13,18,23H,4,8,10-12,14-15H2,(H,25,26)/t18-,21-/m0/s1. The van der Waals surface area contributed by atoms with Gasteiger partial charge in [0.15, 0.2) is 0 Å². The molecular formula is C21H25NO4S. The number of carboxylic acids is 1. The molecule has 1 amide bonds. The number of carbonyl (C=O) groups excluding carboxylic acids is 1. The second-order valence-corrected chi connectivity index (χ2v) is 8.21. The summed E-state index contributed by atoms with van der Waals surface area (Å²) < 4.78 is 0. The first-order valence-corrected chi connectivity index (χ1v) is 10.1. The highest BCUT2D eigenvalue weighted by Crippen LogP contribution is 2.35. The number of piperidine rings is 1. The van der Waals surface area contributed by atoms with Gasteiger partial charge in [0.1, 0.15) is 5.41 Å². The fourth-order valence-corrected chi connectivity index (χ4v) is 4.49. The predicted molar refractivity (Wildman–Crippen MR) is 105 cm³/mol. The van der Waals surface area contributed by atoms with Crippen molar-refractivity contribution in [1.82, 2.24) is 4.90 Å². The van der Waals surface area contributed by atoms with Crippen LogP contribution in [0.2, 0.25) is 0 Å². The maximum Gasteiger partial charge on any atom is 0.314 e. The Morgan fingerprint density at radius 2 is 1.96 bits per heavy atom. The highest BCUT2D eigenvalue weighted by atomic mass is 32.1. The molecule has 27 heavy (non-hydrogen) atoms. The molecular weight excluding hydrogens is 362 g/mol. The maximum atomic E-state index is 12.7. The third kappa shape index (κ3) is 4.57. The first-order chi connectivity index (χ1) is 13.0. The molecule has 1 aliphatic rings. The number of rotatable bonds is 7. The van der Waals surface area contributed by atoms with E-state index in [4.69, 9.17) is 0 Å². The number of likely N-dealkylation sites (tertiary alicyclic amines) is 1. The van der Waals surface area contributed by atoms with Crippen LogP contribution in [0.1, 0.15) is 29.7 Å². The van der Waals surface area contributed by atoms with Gasteiger partial charge in [-0.25, -0.2) is 0 Å². The van der Waals surface area contributed by atoms with Crippen molar-refractivity contribution in [1.29, 1.82) is 0 Å². The number of benzene rings is 1. The van der Waals surface area contributed by atoms with E-state index >= 15 is 0 Å². The smallest absolute Gasteiger partial charge is 0.314 e. The molecule has 144 valence electrons. The Morgan fingerprint density at radius 1 is 1.19 bits per heavy atom. The molecule has 1 aromatic heterocycles. The van der Waals surface area contributed by atoms with Gasteiger partial charge in [0, 0.05) is 24.4 Å². The minimum absolute atomic E-state index is 0.0304. The van der Waals surface area contributed by atoms with Crippen LogP contribution < -0.4 is 0 Å². The number of nitrogens with zero attached hydrogens (tertiary/aromatic N) is 1. The zero-order valence-electron chi connectivity index (χ0n) is 15.2. The lowest BCUT2D eigenvalue weighted by atomic mass is 9.72. The normalized spacial score (nSPS) is 22.6. The average molecular weight is 388 g/mol. The van der Waals surface area contributed by atoms with Crippen LogP contribution in [-0.4, -0.2) is 46.2 Å². The molecule has 6 heteroatoms. The third-order valence-electron chi connectivity index (χ3n) is 5.32. The summed E-state index contributed by atoms with van der Waals surface area (Å²) in [5.41, 5.74) is -0.505. The summed E-state index contributed by atoms with van der Waals surface area (Å²) in [6.45, 7) is 0.457. The molecule has 0 spiro atoms. The van der Waals surface area contributed by atoms with Crippen LogP contribution in [0.15, 0.2) is 47.8 Å². The number of carboxylic acid groups (broad SMARTS) is 1. The molecule has 0 unspecified atom stereocenters. The zero-order chi connectivity index (χ0) is 19.3. The molecule has 0 saturated carbocycles. The summed E-state index contributed by atoms with van der Waals surface area (Å²) in [4.78, 5) is 27.7. The van der Waals surface area contributed by atoms with Gasteiger partial charge >= 0.3 is 5.97 Å². The fraction of sp³-hybridized carbons (Fsp3) is 0.429. The average Bonchev–Trinajstić information content (AvgIpc) is 3.17. The van der Waals surface area contributed by atoms with Crippen LogP contribution in [0.4, 0.5) is 0 Å². The highest BCUT2D eigenvalue weighted by molar-refractivity contribution is 7.09. The summed E-state index contributed by atoms with van der Waals surface area (Å²) in [7, 11) is 0. The molecule has 0 aliphatic carbocycles. The summed E-state index contributed by atoms with van der Waals surface area (Å²) in [5, 5.41) is 22.5. The largest absolute Gasteiger partial charge is 0.481 e. The van der Waals surface area contributed by atoms with E-state index in [9.17, 15) is 19.8 Å². The molecule has 1 fully saturated rings. The van der Waals surface area contributed by atoms with E-state index < -0.39 is 17.5 Å². The summed E-state index contributed by atoms with van der Waals surface area (Å²) >= 11 is 1.68. The van der Waals surface area contributed by atoms with E-state index in [1.807, 2.05) is 41.8 Å². The SMILES string of the molecule is O=C(CCCc1cccs1)N1CC[C@H](O)[C@@](Cc2ccccc2)(C(=O)O)C1. The van der Waals surface area contributed by atoms with Crippen LogP contribution >= 0.6 is 11.3 Å². The maximum absolute atomic E-state index is 12.7. The van der Waals surface area contributed by atoms with Crippen molar-refractivity contribution < 1.29 is 19.8 Å². The highest BCUT2D eigenvalue weighted by Gasteiger charge is 2.50. The van der Waals surface area contributed by atoms with Crippen molar-refractivity contribution >= 4 is 23.2 Å². The number of aliphatic hydroxyl groups excluding tert-OH is 1. The van der Waals surface area contributed by atoms with Crippen molar-refractivity contribution in [2.24, 2.45) is 5.41 Å². The van der Waals surface area contributed by atoms with Gasteiger partial charge in [-0.1, -0.05) is 36.4 Å². The van der Waals surface area contributed by atoms with E-state index in [1.165, 1.54) is 4.88 Å². The molecule has 1 aliphatic heterocycles. The van der Waals surface area contributed by atoms with Gasteiger partial charge in [-0.2, -0.15) is 0 Å². The Morgan fingerprint density at radius 3 is 2.63 bits per heavy atom. The lowest BCUT2D eigenvalue weighted by molar-refractivity contribution is -0.165. The number of aliphatic hydroxyl groups is 1. The van der Waals surface area contributed by atoms with Crippen molar-refractivity contribution in [3.8, 4) is 0 Å². The summed E-state index contributed by atoms with van der Waals surface area (Å²) in [6.07, 6.45) is 1.53. The number of aryl methyl sites for hydroxylation is 1. The lowest BCUT2D eigenvalue weighted by Gasteiger charge is -2.43. The van der Waals surface area contributed by atoms with Crippen LogP contribution in [0.5, 0.6) is 0 Å². The van der Waals surface area contributed by atoms with Gasteiger partial charge in [-0.3, -0.25) is 9.59 Å². The van der Waals surface area contributed by atoms with Crippen LogP contribution in [0.3, 0.4) is 0 Å². The molecule has 1 saturated heterocycles. The number of carbonyl (C=O) groups is 2. The number of amides is 1. The first kappa shape index (κ1) is 19.6.